The van der Waals surface area contributed by atoms with Crippen LogP contribution in [0.2, 0.25) is 0 Å². The molecule has 0 bridgehead atoms. The van der Waals surface area contributed by atoms with Gasteiger partial charge < -0.3 is 5.32 Å². The molecular formula is C17H32N2. The zero-order valence-corrected chi connectivity index (χ0v) is 12.8. The molecule has 2 aliphatic rings. The normalized spacial score (nSPS) is 25.3. The van der Waals surface area contributed by atoms with Gasteiger partial charge in [0.2, 0.25) is 0 Å². The van der Waals surface area contributed by atoms with Crippen molar-refractivity contribution in [1.29, 1.82) is 0 Å². The van der Waals surface area contributed by atoms with Crippen molar-refractivity contribution in [3.05, 3.63) is 12.7 Å². The first-order valence-electron chi connectivity index (χ1n) is 8.37. The molecule has 0 radical (unpaired) electrons. The molecule has 1 heterocycles. The van der Waals surface area contributed by atoms with Crippen molar-refractivity contribution in [2.75, 3.05) is 20.1 Å². The largest absolute Gasteiger partial charge is 0.315 e. The summed E-state index contributed by atoms with van der Waals surface area (Å²) in [6, 6.07) is 0.674. The van der Waals surface area contributed by atoms with E-state index in [1.165, 1.54) is 70.9 Å². The van der Waals surface area contributed by atoms with E-state index >= 15 is 0 Å². The van der Waals surface area contributed by atoms with E-state index in [1.807, 2.05) is 0 Å². The molecule has 0 amide bonds. The second kappa shape index (κ2) is 7.44. The summed E-state index contributed by atoms with van der Waals surface area (Å²) >= 11 is 0. The fourth-order valence-corrected chi connectivity index (χ4v) is 4.36. The molecule has 1 aliphatic heterocycles. The second-order valence-corrected chi connectivity index (χ2v) is 6.42. The smallest absolute Gasteiger partial charge is 0.0362 e. The fraction of sp³-hybridized carbons (Fsp3) is 0.882. The molecule has 0 spiro atoms. The van der Waals surface area contributed by atoms with Gasteiger partial charge in [-0.2, -0.15) is 0 Å². The first kappa shape index (κ1) is 15.1. The van der Waals surface area contributed by atoms with Gasteiger partial charge in [0.05, 0.1) is 0 Å². The highest BCUT2D eigenvalue weighted by Gasteiger charge is 2.44. The molecule has 19 heavy (non-hydrogen) atoms. The molecule has 2 rings (SSSR count). The number of hydrogen-bond donors (Lipinski definition) is 1. The van der Waals surface area contributed by atoms with Gasteiger partial charge in [0.25, 0.3) is 0 Å². The van der Waals surface area contributed by atoms with Gasteiger partial charge in [-0.3, -0.25) is 4.90 Å². The quantitative estimate of drug-likeness (QED) is 0.557. The Balaban J connectivity index is 2.04. The molecule has 1 aliphatic carbocycles. The van der Waals surface area contributed by atoms with Gasteiger partial charge >= 0.3 is 0 Å². The number of allylic oxidation sites excluding steroid dienone is 1. The van der Waals surface area contributed by atoms with E-state index in [-0.39, 0.29) is 0 Å². The van der Waals surface area contributed by atoms with Crippen LogP contribution in [0.1, 0.15) is 64.2 Å². The summed E-state index contributed by atoms with van der Waals surface area (Å²) in [5.41, 5.74) is 0.469. The van der Waals surface area contributed by atoms with Gasteiger partial charge in [-0.15, -0.1) is 6.58 Å². The number of hydrogen-bond acceptors (Lipinski definition) is 2. The summed E-state index contributed by atoms with van der Waals surface area (Å²) in [5, 5.41) is 3.67. The molecule has 1 N–H and O–H groups in total. The van der Waals surface area contributed by atoms with Crippen LogP contribution >= 0.6 is 0 Å². The highest BCUT2D eigenvalue weighted by atomic mass is 15.2. The molecule has 0 aromatic heterocycles. The summed E-state index contributed by atoms with van der Waals surface area (Å²) in [5.74, 6) is 0. The summed E-state index contributed by atoms with van der Waals surface area (Å²) in [6.07, 6.45) is 15.7. The lowest BCUT2D eigenvalue weighted by molar-refractivity contribution is 0.0358. The Morgan fingerprint density at radius 1 is 1.16 bits per heavy atom. The maximum absolute atomic E-state index is 3.86. The van der Waals surface area contributed by atoms with E-state index in [0.717, 1.165) is 6.42 Å². The maximum atomic E-state index is 3.86. The zero-order chi connectivity index (χ0) is 13.6. The van der Waals surface area contributed by atoms with Gasteiger partial charge in [0, 0.05) is 11.6 Å². The molecule has 1 saturated carbocycles. The van der Waals surface area contributed by atoms with Crippen LogP contribution in [-0.2, 0) is 0 Å². The third kappa shape index (κ3) is 3.41. The van der Waals surface area contributed by atoms with Crippen LogP contribution < -0.4 is 5.32 Å². The molecular weight excluding hydrogens is 232 g/mol. The van der Waals surface area contributed by atoms with Crippen LogP contribution in [0.25, 0.3) is 0 Å². The SMILES string of the molecule is C=CCCCC(NC)C1(N2CCCCC2)CCCC1. The summed E-state index contributed by atoms with van der Waals surface area (Å²) in [6.45, 7) is 6.52. The summed E-state index contributed by atoms with van der Waals surface area (Å²) in [4.78, 5) is 2.85. The van der Waals surface area contributed by atoms with E-state index < -0.39 is 0 Å². The molecule has 2 nitrogen and oxygen atoms in total. The average Bonchev–Trinajstić information content (AvgIpc) is 2.95. The Hall–Kier alpha value is -0.340. The number of rotatable bonds is 7. The molecule has 1 atom stereocenters. The Morgan fingerprint density at radius 3 is 2.42 bits per heavy atom. The summed E-state index contributed by atoms with van der Waals surface area (Å²) in [7, 11) is 2.17. The molecule has 1 saturated heterocycles. The van der Waals surface area contributed by atoms with E-state index in [4.69, 9.17) is 0 Å². The van der Waals surface area contributed by atoms with E-state index in [0.29, 0.717) is 11.6 Å². The Labute approximate surface area is 119 Å². The van der Waals surface area contributed by atoms with Crippen molar-refractivity contribution in [2.24, 2.45) is 0 Å². The predicted molar refractivity (Wildman–Crippen MR) is 83.5 cm³/mol. The van der Waals surface area contributed by atoms with Crippen LogP contribution in [0.4, 0.5) is 0 Å². The van der Waals surface area contributed by atoms with Crippen molar-refractivity contribution in [3.63, 3.8) is 0 Å². The van der Waals surface area contributed by atoms with Crippen molar-refractivity contribution >= 4 is 0 Å². The number of nitrogens with zero attached hydrogens (tertiary/aromatic N) is 1. The average molecular weight is 264 g/mol. The molecule has 110 valence electrons. The minimum atomic E-state index is 0.469. The number of piperidine rings is 1. The zero-order valence-electron chi connectivity index (χ0n) is 12.8. The number of nitrogens with one attached hydrogen (secondary N) is 1. The number of unbranched alkanes of at least 4 members (excludes halogenated alkanes) is 1. The topological polar surface area (TPSA) is 15.3 Å². The van der Waals surface area contributed by atoms with Crippen LogP contribution in [0, 0.1) is 0 Å². The molecule has 2 fully saturated rings. The van der Waals surface area contributed by atoms with Crippen LogP contribution in [0.15, 0.2) is 12.7 Å². The monoisotopic (exact) mass is 264 g/mol. The first-order chi connectivity index (χ1) is 9.33. The van der Waals surface area contributed by atoms with Crippen molar-refractivity contribution < 1.29 is 0 Å². The summed E-state index contributed by atoms with van der Waals surface area (Å²) < 4.78 is 0. The molecule has 0 aromatic rings. The van der Waals surface area contributed by atoms with Gasteiger partial charge in [0.1, 0.15) is 0 Å². The first-order valence-corrected chi connectivity index (χ1v) is 8.37. The highest BCUT2D eigenvalue weighted by molar-refractivity contribution is 5.03. The molecule has 0 aromatic carbocycles. The molecule has 1 unspecified atom stereocenters. The lowest BCUT2D eigenvalue weighted by Crippen LogP contribution is -2.60. The van der Waals surface area contributed by atoms with Gasteiger partial charge in [-0.25, -0.2) is 0 Å². The lowest BCUT2D eigenvalue weighted by atomic mass is 9.82. The molecule has 2 heteroatoms. The van der Waals surface area contributed by atoms with Crippen LogP contribution in [-0.4, -0.2) is 36.6 Å². The van der Waals surface area contributed by atoms with Crippen molar-refractivity contribution in [3.8, 4) is 0 Å². The Morgan fingerprint density at radius 2 is 1.84 bits per heavy atom. The van der Waals surface area contributed by atoms with E-state index in [1.54, 1.807) is 0 Å². The van der Waals surface area contributed by atoms with E-state index in [9.17, 15) is 0 Å². The van der Waals surface area contributed by atoms with Gasteiger partial charge in [-0.1, -0.05) is 25.3 Å². The van der Waals surface area contributed by atoms with Crippen molar-refractivity contribution in [1.82, 2.24) is 10.2 Å². The lowest BCUT2D eigenvalue weighted by Gasteiger charge is -2.48. The van der Waals surface area contributed by atoms with Gasteiger partial charge in [0.15, 0.2) is 0 Å². The third-order valence-corrected chi connectivity index (χ3v) is 5.35. The Bertz CT molecular complexity index is 262. The standard InChI is InChI=1S/C17H32N2/c1-3-4-6-11-16(18-2)17(12-7-8-13-17)19-14-9-5-10-15-19/h3,16,18H,1,4-15H2,2H3. The van der Waals surface area contributed by atoms with Gasteiger partial charge in [-0.05, 0) is 65.1 Å². The maximum Gasteiger partial charge on any atom is 0.0362 e. The number of likely N-dealkylation sites (N-methyl/N-ethyl adjacent to an activating group) is 1. The Kier molecular flexibility index (Phi) is 5.90. The minimum Gasteiger partial charge on any atom is -0.315 e. The minimum absolute atomic E-state index is 0.469. The number of likely N-dealkylation sites (tertiary alicyclic amines) is 1. The van der Waals surface area contributed by atoms with Crippen LogP contribution in [0.3, 0.4) is 0 Å². The van der Waals surface area contributed by atoms with Crippen LogP contribution in [0.5, 0.6) is 0 Å². The highest BCUT2D eigenvalue weighted by Crippen LogP contribution is 2.40. The van der Waals surface area contributed by atoms with E-state index in [2.05, 4.69) is 29.9 Å². The third-order valence-electron chi connectivity index (χ3n) is 5.35. The van der Waals surface area contributed by atoms with Crippen molar-refractivity contribution in [2.45, 2.75) is 75.8 Å². The second-order valence-electron chi connectivity index (χ2n) is 6.42. The fourth-order valence-electron chi connectivity index (χ4n) is 4.36. The predicted octanol–water partition coefficient (Wildman–Crippen LogP) is 3.73.